The van der Waals surface area contributed by atoms with Crippen molar-refractivity contribution in [2.45, 2.75) is 31.7 Å². The quantitative estimate of drug-likeness (QED) is 0.705. The van der Waals surface area contributed by atoms with Crippen LogP contribution in [0.15, 0.2) is 12.3 Å². The number of carbonyl (C=O) groups excluding carboxylic acids is 1. The number of H-pyrrole nitrogens is 1. The van der Waals surface area contributed by atoms with E-state index in [9.17, 15) is 4.79 Å². The van der Waals surface area contributed by atoms with E-state index in [1.807, 2.05) is 0 Å². The van der Waals surface area contributed by atoms with E-state index in [1.165, 1.54) is 19.3 Å². The minimum absolute atomic E-state index is 0.0192. The highest BCUT2D eigenvalue weighted by Gasteiger charge is 2.40. The Morgan fingerprint density at radius 2 is 2.31 bits per heavy atom. The van der Waals surface area contributed by atoms with Gasteiger partial charge in [-0.25, -0.2) is 0 Å². The zero-order chi connectivity index (χ0) is 11.1. The Morgan fingerprint density at radius 1 is 1.44 bits per heavy atom. The van der Waals surface area contributed by atoms with E-state index in [2.05, 4.69) is 10.3 Å². The molecule has 1 heterocycles. The fourth-order valence-corrected chi connectivity index (χ4v) is 3.21. The Kier molecular flexibility index (Phi) is 2.16. The topological polar surface area (TPSA) is 70.9 Å². The standard InChI is InChI=1S/C12H17N3O/c13-9-5-11(14-6-9)12(16)15-10-4-7-1-2-8(10)3-7/h5-8,10,14H,1-4,13H2,(H,15,16). The van der Waals surface area contributed by atoms with Crippen molar-refractivity contribution in [3.05, 3.63) is 18.0 Å². The van der Waals surface area contributed by atoms with Crippen LogP contribution in [0, 0.1) is 11.8 Å². The Bertz CT molecular complexity index is 412. The Hall–Kier alpha value is -1.45. The van der Waals surface area contributed by atoms with Gasteiger partial charge in [0.2, 0.25) is 0 Å². The van der Waals surface area contributed by atoms with Gasteiger partial charge in [0, 0.05) is 17.9 Å². The molecule has 0 saturated heterocycles. The number of nitrogens with two attached hydrogens (primary N) is 1. The van der Waals surface area contributed by atoms with Crippen LogP contribution in [0.5, 0.6) is 0 Å². The number of amides is 1. The highest BCUT2D eigenvalue weighted by atomic mass is 16.1. The lowest BCUT2D eigenvalue weighted by Gasteiger charge is -2.22. The number of aromatic nitrogens is 1. The molecule has 2 fully saturated rings. The third kappa shape index (κ3) is 1.58. The maximum Gasteiger partial charge on any atom is 0.267 e. The van der Waals surface area contributed by atoms with Crippen LogP contribution in [0.2, 0.25) is 0 Å². The molecule has 3 unspecified atom stereocenters. The lowest BCUT2D eigenvalue weighted by atomic mass is 9.95. The third-order valence-electron chi connectivity index (χ3n) is 4.00. The van der Waals surface area contributed by atoms with Gasteiger partial charge in [-0.1, -0.05) is 6.42 Å². The number of fused-ring (bicyclic) bond motifs is 2. The van der Waals surface area contributed by atoms with Gasteiger partial charge in [0.15, 0.2) is 0 Å². The van der Waals surface area contributed by atoms with Crippen molar-refractivity contribution < 1.29 is 4.79 Å². The molecule has 4 N–H and O–H groups in total. The predicted molar refractivity (Wildman–Crippen MR) is 61.9 cm³/mol. The van der Waals surface area contributed by atoms with Crippen molar-refractivity contribution in [3.63, 3.8) is 0 Å². The summed E-state index contributed by atoms with van der Waals surface area (Å²) in [7, 11) is 0. The van der Waals surface area contributed by atoms with E-state index >= 15 is 0 Å². The van der Waals surface area contributed by atoms with Crippen LogP contribution in [0.3, 0.4) is 0 Å². The van der Waals surface area contributed by atoms with Gasteiger partial charge >= 0.3 is 0 Å². The average Bonchev–Trinajstić information content (AvgIpc) is 2.92. The third-order valence-corrected chi connectivity index (χ3v) is 4.00. The van der Waals surface area contributed by atoms with E-state index in [0.29, 0.717) is 23.3 Å². The fourth-order valence-electron chi connectivity index (χ4n) is 3.21. The number of anilines is 1. The molecule has 0 aliphatic heterocycles. The van der Waals surface area contributed by atoms with E-state index in [4.69, 9.17) is 5.73 Å². The first-order chi connectivity index (χ1) is 7.72. The number of carbonyl (C=O) groups is 1. The van der Waals surface area contributed by atoms with Gasteiger partial charge in [0.05, 0.1) is 0 Å². The highest BCUT2D eigenvalue weighted by Crippen LogP contribution is 2.44. The Morgan fingerprint density at radius 3 is 2.88 bits per heavy atom. The SMILES string of the molecule is Nc1c[nH]c(C(=O)NC2CC3CCC2C3)c1. The molecule has 0 radical (unpaired) electrons. The number of hydrogen-bond acceptors (Lipinski definition) is 2. The second-order valence-electron chi connectivity index (χ2n) is 5.10. The van der Waals surface area contributed by atoms with Gasteiger partial charge in [-0.15, -0.1) is 0 Å². The number of nitrogens with one attached hydrogen (secondary N) is 2. The average molecular weight is 219 g/mol. The lowest BCUT2D eigenvalue weighted by Crippen LogP contribution is -2.38. The first kappa shape index (κ1) is 9.75. The highest BCUT2D eigenvalue weighted by molar-refractivity contribution is 5.93. The molecule has 2 saturated carbocycles. The van der Waals surface area contributed by atoms with Crippen LogP contribution >= 0.6 is 0 Å². The van der Waals surface area contributed by atoms with Crippen LogP contribution in [0.1, 0.15) is 36.2 Å². The summed E-state index contributed by atoms with van der Waals surface area (Å²) in [6, 6.07) is 2.07. The van der Waals surface area contributed by atoms with Crippen LogP contribution in [0.25, 0.3) is 0 Å². The van der Waals surface area contributed by atoms with E-state index in [-0.39, 0.29) is 5.91 Å². The maximum absolute atomic E-state index is 11.9. The minimum atomic E-state index is -0.0192. The van der Waals surface area contributed by atoms with Gasteiger partial charge in [0.1, 0.15) is 5.69 Å². The molecule has 1 aromatic rings. The molecule has 1 amide bonds. The molecule has 1 aromatic heterocycles. The minimum Gasteiger partial charge on any atom is -0.397 e. The van der Waals surface area contributed by atoms with Gasteiger partial charge in [0.25, 0.3) is 5.91 Å². The molecule has 16 heavy (non-hydrogen) atoms. The van der Waals surface area contributed by atoms with Crippen LogP contribution in [0.4, 0.5) is 5.69 Å². The molecule has 3 rings (SSSR count). The van der Waals surface area contributed by atoms with Crippen molar-refractivity contribution in [3.8, 4) is 0 Å². The van der Waals surface area contributed by atoms with Gasteiger partial charge < -0.3 is 16.0 Å². The molecule has 4 nitrogen and oxygen atoms in total. The van der Waals surface area contributed by atoms with Crippen molar-refractivity contribution in [1.29, 1.82) is 0 Å². The van der Waals surface area contributed by atoms with Gasteiger partial charge in [-0.3, -0.25) is 4.79 Å². The van der Waals surface area contributed by atoms with Crippen LogP contribution in [-0.2, 0) is 0 Å². The fraction of sp³-hybridized carbons (Fsp3) is 0.583. The first-order valence-corrected chi connectivity index (χ1v) is 5.97. The summed E-state index contributed by atoms with van der Waals surface area (Å²) in [4.78, 5) is 14.8. The Labute approximate surface area is 94.6 Å². The molecule has 3 atom stereocenters. The van der Waals surface area contributed by atoms with Crippen molar-refractivity contribution >= 4 is 11.6 Å². The monoisotopic (exact) mass is 219 g/mol. The summed E-state index contributed by atoms with van der Waals surface area (Å²) in [6.45, 7) is 0. The van der Waals surface area contributed by atoms with E-state index in [0.717, 1.165) is 12.3 Å². The molecular weight excluding hydrogens is 202 g/mol. The lowest BCUT2D eigenvalue weighted by molar-refractivity contribution is 0.0918. The second-order valence-corrected chi connectivity index (χ2v) is 5.10. The number of nitrogen functional groups attached to an aromatic ring is 1. The number of hydrogen-bond donors (Lipinski definition) is 3. The van der Waals surface area contributed by atoms with Crippen LogP contribution in [-0.4, -0.2) is 16.9 Å². The largest absolute Gasteiger partial charge is 0.397 e. The molecule has 2 aliphatic carbocycles. The molecule has 2 bridgehead atoms. The van der Waals surface area contributed by atoms with Crippen molar-refractivity contribution in [2.24, 2.45) is 11.8 Å². The normalized spacial score (nSPS) is 31.9. The summed E-state index contributed by atoms with van der Waals surface area (Å²) in [5, 5.41) is 3.11. The number of aromatic amines is 1. The summed E-state index contributed by atoms with van der Waals surface area (Å²) in [5.41, 5.74) is 6.75. The van der Waals surface area contributed by atoms with E-state index < -0.39 is 0 Å². The Balaban J connectivity index is 1.65. The van der Waals surface area contributed by atoms with Crippen LogP contribution < -0.4 is 11.1 Å². The smallest absolute Gasteiger partial charge is 0.267 e. The van der Waals surface area contributed by atoms with Crippen molar-refractivity contribution in [1.82, 2.24) is 10.3 Å². The molecule has 4 heteroatoms. The number of rotatable bonds is 2. The van der Waals surface area contributed by atoms with Crippen molar-refractivity contribution in [2.75, 3.05) is 5.73 Å². The zero-order valence-corrected chi connectivity index (χ0v) is 9.20. The summed E-state index contributed by atoms with van der Waals surface area (Å²) < 4.78 is 0. The van der Waals surface area contributed by atoms with E-state index in [1.54, 1.807) is 12.3 Å². The van der Waals surface area contributed by atoms with Gasteiger partial charge in [-0.2, -0.15) is 0 Å². The molecular formula is C12H17N3O. The molecule has 0 aromatic carbocycles. The molecule has 86 valence electrons. The van der Waals surface area contributed by atoms with Gasteiger partial charge in [-0.05, 0) is 37.2 Å². The molecule has 0 spiro atoms. The zero-order valence-electron chi connectivity index (χ0n) is 9.20. The second kappa shape index (κ2) is 3.54. The molecule has 2 aliphatic rings. The predicted octanol–water partition coefficient (Wildman–Crippen LogP) is 1.52. The summed E-state index contributed by atoms with van der Waals surface area (Å²) in [5.74, 6) is 1.54. The maximum atomic E-state index is 11.9. The summed E-state index contributed by atoms with van der Waals surface area (Å²) >= 11 is 0. The first-order valence-electron chi connectivity index (χ1n) is 5.97. The summed E-state index contributed by atoms with van der Waals surface area (Å²) in [6.07, 6.45) is 6.75.